The number of fused-ring (bicyclic) bond motifs is 10. The summed E-state index contributed by atoms with van der Waals surface area (Å²) in [6.45, 7) is 4.38. The van der Waals surface area contributed by atoms with Gasteiger partial charge in [-0.2, -0.15) is 0 Å². The molecule has 2 aromatic heterocycles. The molecule has 57 heavy (non-hydrogen) atoms. The maximum atomic E-state index is 13.6. The third-order valence-corrected chi connectivity index (χ3v) is 13.0. The van der Waals surface area contributed by atoms with E-state index >= 15 is 0 Å². The summed E-state index contributed by atoms with van der Waals surface area (Å²) in [6.07, 6.45) is 15.5. The van der Waals surface area contributed by atoms with Gasteiger partial charge in [-0.1, -0.05) is 60.7 Å². The smallest absolute Gasteiger partial charge is 0.305 e. The third-order valence-electron chi connectivity index (χ3n) is 13.0. The molecule has 0 radical (unpaired) electrons. The van der Waals surface area contributed by atoms with E-state index in [1.165, 1.54) is 32.0 Å². The molecule has 0 saturated heterocycles. The molecule has 0 N–H and O–H groups in total. The number of carbonyl (C=O) groups is 2. The fourth-order valence-corrected chi connectivity index (χ4v) is 10.5. The monoisotopic (exact) mass is 750 g/mol. The zero-order chi connectivity index (χ0) is 38.7. The van der Waals surface area contributed by atoms with Gasteiger partial charge in [-0.15, -0.1) is 0 Å². The molecule has 0 amide bonds. The molecule has 4 aliphatic carbocycles. The van der Waals surface area contributed by atoms with Gasteiger partial charge in [0, 0.05) is 45.6 Å². The summed E-state index contributed by atoms with van der Waals surface area (Å²) >= 11 is 0. The largest absolute Gasteiger partial charge is 0.466 e. The summed E-state index contributed by atoms with van der Waals surface area (Å²) in [5, 5.41) is 7.02. The van der Waals surface area contributed by atoms with Crippen molar-refractivity contribution < 1.29 is 19.1 Å². The van der Waals surface area contributed by atoms with E-state index in [1.54, 1.807) is 0 Å². The van der Waals surface area contributed by atoms with Crippen molar-refractivity contribution in [2.24, 2.45) is 0 Å². The lowest BCUT2D eigenvalue weighted by atomic mass is 9.59. The van der Waals surface area contributed by atoms with Crippen LogP contribution in [0.1, 0.15) is 93.9 Å². The van der Waals surface area contributed by atoms with E-state index in [9.17, 15) is 9.59 Å². The van der Waals surface area contributed by atoms with Gasteiger partial charge in [0.2, 0.25) is 0 Å². The van der Waals surface area contributed by atoms with Crippen LogP contribution in [-0.4, -0.2) is 35.1 Å². The lowest BCUT2D eigenvalue weighted by molar-refractivity contribution is -0.144. The number of rotatable bonds is 10. The molecule has 6 heteroatoms. The van der Waals surface area contributed by atoms with Gasteiger partial charge < -0.3 is 9.47 Å². The Morgan fingerprint density at radius 2 is 0.947 bits per heavy atom. The number of benzene rings is 4. The van der Waals surface area contributed by atoms with Gasteiger partial charge in [0.15, 0.2) is 0 Å². The first kappa shape index (κ1) is 35.5. The first-order valence-electron chi connectivity index (χ1n) is 20.7. The molecule has 0 saturated carbocycles. The molecule has 6 nitrogen and oxygen atoms in total. The average molecular weight is 751 g/mol. The van der Waals surface area contributed by atoms with Crippen LogP contribution >= 0.6 is 0 Å². The topological polar surface area (TPSA) is 78.4 Å². The molecule has 0 fully saturated rings. The van der Waals surface area contributed by atoms with Crippen LogP contribution in [-0.2, 0) is 29.9 Å². The number of ether oxygens (including phenoxy) is 2. The van der Waals surface area contributed by atoms with E-state index in [2.05, 4.69) is 97.1 Å². The van der Waals surface area contributed by atoms with Crippen molar-refractivity contribution >= 4 is 58.0 Å². The Morgan fingerprint density at radius 1 is 0.544 bits per heavy atom. The summed E-state index contributed by atoms with van der Waals surface area (Å²) in [7, 11) is 0. The van der Waals surface area contributed by atoms with Gasteiger partial charge in [-0.25, -0.2) is 9.97 Å². The number of carbonyl (C=O) groups excluding carboxylic acids is 2. The second-order valence-electron chi connectivity index (χ2n) is 16.1. The van der Waals surface area contributed by atoms with E-state index in [0.29, 0.717) is 32.5 Å². The number of para-hydroxylation sites is 2. The van der Waals surface area contributed by atoms with Gasteiger partial charge >= 0.3 is 11.9 Å². The average Bonchev–Trinajstić information content (AvgIpc) is 3.63. The molecule has 0 bridgehead atoms. The van der Waals surface area contributed by atoms with Gasteiger partial charge in [-0.05, 0) is 150 Å². The minimum atomic E-state index is -0.681. The summed E-state index contributed by atoms with van der Waals surface area (Å²) in [6, 6.07) is 30.8. The van der Waals surface area contributed by atoms with Crippen LogP contribution in [0, 0.1) is 0 Å². The summed E-state index contributed by atoms with van der Waals surface area (Å²) in [5.41, 5.74) is 9.33. The van der Waals surface area contributed by atoms with Crippen LogP contribution in [0.25, 0.3) is 68.6 Å². The van der Waals surface area contributed by atoms with Crippen molar-refractivity contribution in [1.82, 2.24) is 9.97 Å². The number of nitrogens with zero attached hydrogens (tertiary/aromatic N) is 2. The molecule has 4 aliphatic rings. The lowest BCUT2D eigenvalue weighted by Crippen LogP contribution is -2.41. The van der Waals surface area contributed by atoms with Crippen molar-refractivity contribution in [2.45, 2.75) is 82.5 Å². The fraction of sp³-hybridized carbons (Fsp3) is 0.294. The molecule has 2 unspecified atom stereocenters. The fourth-order valence-electron chi connectivity index (χ4n) is 10.5. The van der Waals surface area contributed by atoms with Crippen molar-refractivity contribution in [2.75, 3.05) is 13.2 Å². The quantitative estimate of drug-likeness (QED) is 0.133. The predicted molar refractivity (Wildman–Crippen MR) is 227 cm³/mol. The van der Waals surface area contributed by atoms with Gasteiger partial charge in [0.25, 0.3) is 0 Å². The number of pyridine rings is 2. The Bertz CT molecular complexity index is 2730. The number of aromatic nitrogens is 2. The molecule has 4 aromatic carbocycles. The van der Waals surface area contributed by atoms with Crippen LogP contribution in [0.2, 0.25) is 0 Å². The van der Waals surface area contributed by atoms with Crippen molar-refractivity contribution in [3.63, 3.8) is 0 Å². The Kier molecular flexibility index (Phi) is 8.69. The predicted octanol–water partition coefficient (Wildman–Crippen LogP) is 7.80. The highest BCUT2D eigenvalue weighted by Gasteiger charge is 2.54. The summed E-state index contributed by atoms with van der Waals surface area (Å²) in [5.74, 6) is -0.420. The van der Waals surface area contributed by atoms with E-state index < -0.39 is 10.8 Å². The summed E-state index contributed by atoms with van der Waals surface area (Å²) < 4.78 is 11.3. The van der Waals surface area contributed by atoms with E-state index in [-0.39, 0.29) is 24.8 Å². The summed E-state index contributed by atoms with van der Waals surface area (Å²) in [4.78, 5) is 38.1. The van der Waals surface area contributed by atoms with Crippen molar-refractivity contribution in [3.8, 4) is 22.5 Å². The number of hydrogen-bond donors (Lipinski definition) is 0. The van der Waals surface area contributed by atoms with Gasteiger partial charge in [0.1, 0.15) is 0 Å². The highest BCUT2D eigenvalue weighted by atomic mass is 16.5. The second-order valence-corrected chi connectivity index (χ2v) is 16.1. The second kappa shape index (κ2) is 13.9. The van der Waals surface area contributed by atoms with Gasteiger partial charge in [-0.3, -0.25) is 9.59 Å². The highest BCUT2D eigenvalue weighted by Crippen LogP contribution is 2.61. The molecule has 2 heterocycles. The first-order chi connectivity index (χ1) is 27.9. The number of esters is 2. The van der Waals surface area contributed by atoms with Crippen molar-refractivity contribution in [1.29, 1.82) is 0 Å². The minimum absolute atomic E-state index is 0.210. The van der Waals surface area contributed by atoms with Crippen LogP contribution in [0.3, 0.4) is 0 Å². The standard InChI is InChI=1S/C51H46N2O4/c1-3-56-46(54)21-23-50(40-27-34-15-7-5-13-32(34)25-38(40)48-42(50)29-36-17-9-11-19-44(36)52-48)31-51(24-22-47(55)57-4-2)41-28-35-16-8-6-14-33(35)26-39(41)49-43(51)30-37-18-10-12-20-45(37)53-49/h9-20,25-30H,3-8,21-24,31H2,1-2H3. The molecule has 0 aliphatic heterocycles. The van der Waals surface area contributed by atoms with Crippen LogP contribution < -0.4 is 20.9 Å². The SMILES string of the molecule is CCOC(=O)CCC1(CC2(CCC(=O)OCC)c3cc4c(cc3-c3nc5ccccc5cc32)=CCCC=4)c2cc3c(cc2-c2nc4ccccc4cc21)=CCCC=3. The Morgan fingerprint density at radius 3 is 1.37 bits per heavy atom. The molecule has 2 atom stereocenters. The third kappa shape index (κ3) is 5.75. The van der Waals surface area contributed by atoms with E-state index in [1.807, 2.05) is 26.0 Å². The zero-order valence-corrected chi connectivity index (χ0v) is 32.7. The normalized spacial score (nSPS) is 19.4. The Hall–Kier alpha value is -5.88. The number of hydrogen-bond acceptors (Lipinski definition) is 6. The maximum Gasteiger partial charge on any atom is 0.305 e. The first-order valence-corrected chi connectivity index (χ1v) is 20.7. The zero-order valence-electron chi connectivity index (χ0n) is 32.7. The molecule has 284 valence electrons. The van der Waals surface area contributed by atoms with Crippen LogP contribution in [0.4, 0.5) is 0 Å². The van der Waals surface area contributed by atoms with Crippen LogP contribution in [0.15, 0.2) is 84.9 Å². The minimum Gasteiger partial charge on any atom is -0.466 e. The molecular weight excluding hydrogens is 705 g/mol. The molecule has 10 rings (SSSR count). The van der Waals surface area contributed by atoms with E-state index in [4.69, 9.17) is 19.4 Å². The highest BCUT2D eigenvalue weighted by molar-refractivity contribution is 5.91. The Balaban J connectivity index is 1.31. The maximum absolute atomic E-state index is 13.6. The van der Waals surface area contributed by atoms with E-state index in [0.717, 1.165) is 81.1 Å². The molecular formula is C51H46N2O4. The van der Waals surface area contributed by atoms with Crippen molar-refractivity contribution in [3.05, 3.63) is 128 Å². The van der Waals surface area contributed by atoms with Gasteiger partial charge in [0.05, 0.1) is 35.6 Å². The molecule has 0 spiro atoms. The molecule has 6 aromatic rings. The van der Waals surface area contributed by atoms with Crippen LogP contribution in [0.5, 0.6) is 0 Å². The Labute approximate surface area is 332 Å². The lowest BCUT2D eigenvalue weighted by Gasteiger charge is -2.42.